The molecule has 0 fully saturated rings. The van der Waals surface area contributed by atoms with E-state index in [0.717, 1.165) is 22.3 Å². The lowest BCUT2D eigenvalue weighted by Crippen LogP contribution is -1.98. The van der Waals surface area contributed by atoms with Crippen molar-refractivity contribution in [3.63, 3.8) is 0 Å². The minimum Gasteiger partial charge on any atom is -0.354 e. The lowest BCUT2D eigenvalue weighted by molar-refractivity contribution is 0.640. The zero-order valence-corrected chi connectivity index (χ0v) is 9.78. The Kier molecular flexibility index (Phi) is 2.61. The molecule has 0 aliphatic carbocycles. The van der Waals surface area contributed by atoms with Crippen LogP contribution < -0.4 is 5.73 Å². The molecule has 3 aromatic rings. The van der Waals surface area contributed by atoms with Gasteiger partial charge in [0.2, 0.25) is 0 Å². The van der Waals surface area contributed by atoms with Crippen LogP contribution in [0, 0.1) is 5.82 Å². The Morgan fingerprint density at radius 1 is 1.06 bits per heavy atom. The van der Waals surface area contributed by atoms with E-state index in [1.54, 1.807) is 6.07 Å². The molecule has 1 aromatic heterocycles. The number of aromatic amines is 1. The minimum atomic E-state index is -0.208. The maximum atomic E-state index is 13.7. The molecule has 0 bridgehead atoms. The second-order valence-corrected chi connectivity index (χ2v) is 4.25. The average Bonchev–Trinajstić information content (AvgIpc) is 2.84. The topological polar surface area (TPSA) is 41.8 Å². The Labute approximate surface area is 104 Å². The summed E-state index contributed by atoms with van der Waals surface area (Å²) in [6, 6.07) is 14.8. The first-order chi connectivity index (χ1) is 8.79. The first-order valence-electron chi connectivity index (χ1n) is 5.85. The molecular weight excluding hydrogens is 227 g/mol. The van der Waals surface area contributed by atoms with Crippen molar-refractivity contribution in [2.45, 2.75) is 6.54 Å². The van der Waals surface area contributed by atoms with Crippen molar-refractivity contribution < 1.29 is 4.39 Å². The van der Waals surface area contributed by atoms with Gasteiger partial charge in [-0.3, -0.25) is 0 Å². The molecule has 3 rings (SSSR count). The van der Waals surface area contributed by atoms with Crippen LogP contribution >= 0.6 is 0 Å². The summed E-state index contributed by atoms with van der Waals surface area (Å²) in [5.74, 6) is -0.208. The molecule has 0 unspecified atom stereocenters. The summed E-state index contributed by atoms with van der Waals surface area (Å²) in [5.41, 5.74) is 9.50. The molecule has 2 aromatic carbocycles. The van der Waals surface area contributed by atoms with Crippen molar-refractivity contribution in [3.8, 4) is 11.3 Å². The van der Waals surface area contributed by atoms with Gasteiger partial charge in [-0.05, 0) is 23.8 Å². The molecular formula is C15H13FN2. The number of H-pyrrole nitrogens is 1. The molecule has 3 N–H and O–H groups in total. The van der Waals surface area contributed by atoms with Crippen molar-refractivity contribution in [2.24, 2.45) is 5.73 Å². The van der Waals surface area contributed by atoms with Crippen LogP contribution in [0.1, 0.15) is 5.56 Å². The highest BCUT2D eigenvalue weighted by molar-refractivity contribution is 5.86. The normalized spacial score (nSPS) is 11.0. The fourth-order valence-electron chi connectivity index (χ4n) is 2.22. The standard InChI is InChI=1S/C15H13FN2/c16-13-6-3-7-14-12(13)8-15(18-14)11-5-2-1-4-10(11)9-17/h1-8,18H,9,17H2. The quantitative estimate of drug-likeness (QED) is 0.708. The third kappa shape index (κ3) is 1.69. The van der Waals surface area contributed by atoms with Gasteiger partial charge in [0, 0.05) is 28.7 Å². The van der Waals surface area contributed by atoms with E-state index in [4.69, 9.17) is 5.73 Å². The highest BCUT2D eigenvalue weighted by Crippen LogP contribution is 2.27. The van der Waals surface area contributed by atoms with Gasteiger partial charge >= 0.3 is 0 Å². The summed E-state index contributed by atoms with van der Waals surface area (Å²) < 4.78 is 13.7. The molecule has 0 amide bonds. The second-order valence-electron chi connectivity index (χ2n) is 4.25. The predicted octanol–water partition coefficient (Wildman–Crippen LogP) is 3.43. The monoisotopic (exact) mass is 240 g/mol. The van der Waals surface area contributed by atoms with Crippen molar-refractivity contribution >= 4 is 10.9 Å². The number of rotatable bonds is 2. The molecule has 0 aliphatic rings. The van der Waals surface area contributed by atoms with Gasteiger partial charge < -0.3 is 10.7 Å². The number of fused-ring (bicyclic) bond motifs is 1. The maximum Gasteiger partial charge on any atom is 0.132 e. The van der Waals surface area contributed by atoms with E-state index < -0.39 is 0 Å². The maximum absolute atomic E-state index is 13.7. The number of hydrogen-bond donors (Lipinski definition) is 2. The third-order valence-electron chi connectivity index (χ3n) is 3.14. The van der Waals surface area contributed by atoms with Crippen LogP contribution in [0.3, 0.4) is 0 Å². The number of benzene rings is 2. The Hall–Kier alpha value is -2.13. The lowest BCUT2D eigenvalue weighted by atomic mass is 10.0. The summed E-state index contributed by atoms with van der Waals surface area (Å²) >= 11 is 0. The molecule has 0 spiro atoms. The van der Waals surface area contributed by atoms with Crippen molar-refractivity contribution in [1.82, 2.24) is 4.98 Å². The zero-order valence-electron chi connectivity index (χ0n) is 9.78. The molecule has 0 radical (unpaired) electrons. The van der Waals surface area contributed by atoms with E-state index in [2.05, 4.69) is 4.98 Å². The molecule has 18 heavy (non-hydrogen) atoms. The van der Waals surface area contributed by atoms with Gasteiger partial charge in [0.15, 0.2) is 0 Å². The minimum absolute atomic E-state index is 0.208. The summed E-state index contributed by atoms with van der Waals surface area (Å²) in [5, 5.41) is 0.610. The second kappa shape index (κ2) is 4.27. The molecule has 0 aliphatic heterocycles. The van der Waals surface area contributed by atoms with E-state index >= 15 is 0 Å². The van der Waals surface area contributed by atoms with Gasteiger partial charge in [-0.15, -0.1) is 0 Å². The number of nitrogens with two attached hydrogens (primary N) is 1. The highest BCUT2D eigenvalue weighted by atomic mass is 19.1. The first-order valence-corrected chi connectivity index (χ1v) is 5.85. The molecule has 90 valence electrons. The van der Waals surface area contributed by atoms with Crippen LogP contribution in [-0.4, -0.2) is 4.98 Å². The lowest BCUT2D eigenvalue weighted by Gasteiger charge is -2.04. The van der Waals surface area contributed by atoms with Crippen molar-refractivity contribution in [3.05, 3.63) is 59.9 Å². The fraction of sp³-hybridized carbons (Fsp3) is 0.0667. The molecule has 2 nitrogen and oxygen atoms in total. The van der Waals surface area contributed by atoms with E-state index in [0.29, 0.717) is 11.9 Å². The van der Waals surface area contributed by atoms with E-state index in [1.165, 1.54) is 6.07 Å². The van der Waals surface area contributed by atoms with Gasteiger partial charge in [0.25, 0.3) is 0 Å². The van der Waals surface area contributed by atoms with Crippen LogP contribution in [0.5, 0.6) is 0 Å². The zero-order chi connectivity index (χ0) is 12.5. The smallest absolute Gasteiger partial charge is 0.132 e. The van der Waals surface area contributed by atoms with Gasteiger partial charge in [0.1, 0.15) is 5.82 Å². The Balaban J connectivity index is 2.23. The van der Waals surface area contributed by atoms with Gasteiger partial charge in [0.05, 0.1) is 0 Å². The highest BCUT2D eigenvalue weighted by Gasteiger charge is 2.09. The van der Waals surface area contributed by atoms with Crippen LogP contribution in [0.25, 0.3) is 22.2 Å². The third-order valence-corrected chi connectivity index (χ3v) is 3.14. The molecule has 0 saturated carbocycles. The van der Waals surface area contributed by atoms with E-state index in [-0.39, 0.29) is 5.82 Å². The molecule has 0 saturated heterocycles. The number of nitrogens with one attached hydrogen (secondary N) is 1. The molecule has 1 heterocycles. The van der Waals surface area contributed by atoms with Gasteiger partial charge in [-0.25, -0.2) is 4.39 Å². The summed E-state index contributed by atoms with van der Waals surface area (Å²) in [4.78, 5) is 3.23. The van der Waals surface area contributed by atoms with Crippen LogP contribution in [0.2, 0.25) is 0 Å². The summed E-state index contributed by atoms with van der Waals surface area (Å²) in [7, 11) is 0. The fourth-order valence-corrected chi connectivity index (χ4v) is 2.22. The SMILES string of the molecule is NCc1ccccc1-c1cc2c(F)cccc2[nH]1. The first kappa shape index (κ1) is 11.0. The number of aromatic nitrogens is 1. The summed E-state index contributed by atoms with van der Waals surface area (Å²) in [6.45, 7) is 0.466. The summed E-state index contributed by atoms with van der Waals surface area (Å²) in [6.07, 6.45) is 0. The van der Waals surface area contributed by atoms with Crippen molar-refractivity contribution in [1.29, 1.82) is 0 Å². The van der Waals surface area contributed by atoms with Crippen LogP contribution in [-0.2, 0) is 6.54 Å². The average molecular weight is 240 g/mol. The van der Waals surface area contributed by atoms with Crippen LogP contribution in [0.4, 0.5) is 4.39 Å². The molecule has 3 heteroatoms. The van der Waals surface area contributed by atoms with E-state index in [1.807, 2.05) is 36.4 Å². The van der Waals surface area contributed by atoms with Gasteiger partial charge in [-0.1, -0.05) is 30.3 Å². The number of hydrogen-bond acceptors (Lipinski definition) is 1. The predicted molar refractivity (Wildman–Crippen MR) is 71.6 cm³/mol. The van der Waals surface area contributed by atoms with E-state index in [9.17, 15) is 4.39 Å². The molecule has 0 atom stereocenters. The Morgan fingerprint density at radius 3 is 2.67 bits per heavy atom. The van der Waals surface area contributed by atoms with Crippen LogP contribution in [0.15, 0.2) is 48.5 Å². The van der Waals surface area contributed by atoms with Gasteiger partial charge in [-0.2, -0.15) is 0 Å². The Bertz CT molecular complexity index is 701. The Morgan fingerprint density at radius 2 is 1.89 bits per heavy atom. The van der Waals surface area contributed by atoms with Crippen molar-refractivity contribution in [2.75, 3.05) is 0 Å². The number of halogens is 1. The largest absolute Gasteiger partial charge is 0.354 e.